The molecule has 0 aliphatic heterocycles. The quantitative estimate of drug-likeness (QED) is 0.658. The summed E-state index contributed by atoms with van der Waals surface area (Å²) in [7, 11) is -1.47. The first-order chi connectivity index (χ1) is 12.4. The van der Waals surface area contributed by atoms with Gasteiger partial charge in [0, 0.05) is 12.6 Å². The standard InChI is InChI=1S/C20H22O3S.CH3Cl/c1-14-13-16(9-12-20(14)23-2)19-6-4-5-18(19)15-7-10-17(11-8-15)24(3,21)22;1-2/h7-13H,4-6H2,1-3H3;1H3. The lowest BCUT2D eigenvalue weighted by Crippen LogP contribution is -1.97. The first-order valence-electron chi connectivity index (χ1n) is 8.45. The number of aryl methyl sites for hydroxylation is 1. The highest BCUT2D eigenvalue weighted by molar-refractivity contribution is 7.90. The van der Waals surface area contributed by atoms with E-state index in [9.17, 15) is 8.42 Å². The predicted octanol–water partition coefficient (Wildman–Crippen LogP) is 5.36. The van der Waals surface area contributed by atoms with E-state index in [1.165, 1.54) is 29.3 Å². The monoisotopic (exact) mass is 392 g/mol. The van der Waals surface area contributed by atoms with Crippen molar-refractivity contribution in [3.63, 3.8) is 0 Å². The molecule has 3 rings (SSSR count). The molecule has 0 radical (unpaired) electrons. The SMILES string of the molecule is CCl.COc1ccc(C2=C(c3ccc(S(C)(=O)=O)cc3)CCC2)cc1C. The van der Waals surface area contributed by atoms with Gasteiger partial charge in [-0.25, -0.2) is 8.42 Å². The summed E-state index contributed by atoms with van der Waals surface area (Å²) in [4.78, 5) is 0.367. The normalized spacial score (nSPS) is 14.0. The third kappa shape index (κ3) is 4.49. The lowest BCUT2D eigenvalue weighted by molar-refractivity contribution is 0.411. The lowest BCUT2D eigenvalue weighted by Gasteiger charge is -2.12. The van der Waals surface area contributed by atoms with Gasteiger partial charge < -0.3 is 4.74 Å². The third-order valence-electron chi connectivity index (χ3n) is 4.59. The Kier molecular flexibility index (Phi) is 6.90. The van der Waals surface area contributed by atoms with Crippen LogP contribution >= 0.6 is 11.6 Å². The maximum absolute atomic E-state index is 11.6. The molecule has 140 valence electrons. The van der Waals surface area contributed by atoms with Crippen molar-refractivity contribution in [2.24, 2.45) is 0 Å². The highest BCUT2D eigenvalue weighted by Gasteiger charge is 2.19. The van der Waals surface area contributed by atoms with Crippen molar-refractivity contribution in [2.75, 3.05) is 19.7 Å². The first-order valence-corrected chi connectivity index (χ1v) is 11.1. The Morgan fingerprint density at radius 2 is 1.46 bits per heavy atom. The second kappa shape index (κ2) is 8.74. The maximum atomic E-state index is 11.6. The van der Waals surface area contributed by atoms with Crippen LogP contribution in [0.1, 0.15) is 36.0 Å². The second-order valence-electron chi connectivity index (χ2n) is 6.29. The van der Waals surface area contributed by atoms with Crippen LogP contribution in [0.2, 0.25) is 0 Å². The minimum atomic E-state index is -3.15. The van der Waals surface area contributed by atoms with Gasteiger partial charge >= 0.3 is 0 Å². The Balaban J connectivity index is 0.00000117. The van der Waals surface area contributed by atoms with Gasteiger partial charge in [-0.05, 0) is 78.3 Å². The zero-order valence-corrected chi connectivity index (χ0v) is 17.2. The van der Waals surface area contributed by atoms with Gasteiger partial charge in [0.25, 0.3) is 0 Å². The predicted molar refractivity (Wildman–Crippen MR) is 110 cm³/mol. The Bertz CT molecular complexity index is 897. The molecule has 0 fully saturated rings. The molecule has 0 N–H and O–H groups in total. The number of benzene rings is 2. The van der Waals surface area contributed by atoms with E-state index in [1.807, 2.05) is 18.2 Å². The molecule has 0 unspecified atom stereocenters. The lowest BCUT2D eigenvalue weighted by atomic mass is 9.96. The molecule has 0 spiro atoms. The summed E-state index contributed by atoms with van der Waals surface area (Å²) in [5, 5.41) is 0. The van der Waals surface area contributed by atoms with Crippen molar-refractivity contribution in [3.8, 4) is 5.75 Å². The number of rotatable bonds is 4. The molecule has 2 aromatic rings. The van der Waals surface area contributed by atoms with Crippen molar-refractivity contribution >= 4 is 32.6 Å². The van der Waals surface area contributed by atoms with E-state index in [-0.39, 0.29) is 0 Å². The Morgan fingerprint density at radius 1 is 0.923 bits per heavy atom. The van der Waals surface area contributed by atoms with E-state index in [0.717, 1.165) is 36.1 Å². The summed E-state index contributed by atoms with van der Waals surface area (Å²) in [6.45, 7) is 2.05. The summed E-state index contributed by atoms with van der Waals surface area (Å²) < 4.78 is 28.6. The molecule has 0 aromatic heterocycles. The number of methoxy groups -OCH3 is 1. The molecule has 2 aromatic carbocycles. The number of allylic oxidation sites excluding steroid dienone is 2. The molecule has 26 heavy (non-hydrogen) atoms. The summed E-state index contributed by atoms with van der Waals surface area (Å²) in [6, 6.07) is 13.5. The summed E-state index contributed by atoms with van der Waals surface area (Å²) in [5.41, 5.74) is 6.14. The van der Waals surface area contributed by atoms with Gasteiger partial charge in [0.2, 0.25) is 0 Å². The molecule has 1 aliphatic carbocycles. The van der Waals surface area contributed by atoms with Crippen LogP contribution in [0, 0.1) is 6.92 Å². The van der Waals surface area contributed by atoms with Crippen LogP contribution in [0.4, 0.5) is 0 Å². The first kappa shape index (κ1) is 20.5. The highest BCUT2D eigenvalue weighted by atomic mass is 35.5. The Hall–Kier alpha value is -1.78. The van der Waals surface area contributed by atoms with Crippen molar-refractivity contribution in [2.45, 2.75) is 31.1 Å². The maximum Gasteiger partial charge on any atom is 0.175 e. The topological polar surface area (TPSA) is 43.4 Å². The summed E-state index contributed by atoms with van der Waals surface area (Å²) >= 11 is 4.64. The van der Waals surface area contributed by atoms with Gasteiger partial charge in [-0.2, -0.15) is 0 Å². The smallest absolute Gasteiger partial charge is 0.175 e. The van der Waals surface area contributed by atoms with Gasteiger partial charge in [-0.15, -0.1) is 11.6 Å². The van der Waals surface area contributed by atoms with Gasteiger partial charge in [0.05, 0.1) is 12.0 Å². The van der Waals surface area contributed by atoms with Gasteiger partial charge in [0.15, 0.2) is 9.84 Å². The molecule has 0 saturated heterocycles. The number of sulfone groups is 1. The molecular weight excluding hydrogens is 368 g/mol. The molecule has 3 nitrogen and oxygen atoms in total. The molecule has 0 saturated carbocycles. The molecule has 0 heterocycles. The van der Waals surface area contributed by atoms with Crippen molar-refractivity contribution < 1.29 is 13.2 Å². The van der Waals surface area contributed by atoms with Gasteiger partial charge in [-0.3, -0.25) is 0 Å². The average Bonchev–Trinajstić information content (AvgIpc) is 3.12. The molecule has 1 aliphatic rings. The summed E-state index contributed by atoms with van der Waals surface area (Å²) in [6.07, 6.45) is 5.92. The van der Waals surface area contributed by atoms with E-state index in [2.05, 4.69) is 30.7 Å². The second-order valence-corrected chi connectivity index (χ2v) is 8.31. The zero-order chi connectivity index (χ0) is 19.3. The third-order valence-corrected chi connectivity index (χ3v) is 5.72. The van der Waals surface area contributed by atoms with Gasteiger partial charge in [-0.1, -0.05) is 18.2 Å². The fourth-order valence-corrected chi connectivity index (χ4v) is 3.98. The van der Waals surface area contributed by atoms with Crippen LogP contribution in [-0.4, -0.2) is 28.2 Å². The van der Waals surface area contributed by atoms with Crippen molar-refractivity contribution in [1.82, 2.24) is 0 Å². The van der Waals surface area contributed by atoms with Crippen LogP contribution in [-0.2, 0) is 9.84 Å². The minimum absolute atomic E-state index is 0.367. The number of halogens is 1. The van der Waals surface area contributed by atoms with E-state index in [1.54, 1.807) is 19.2 Å². The van der Waals surface area contributed by atoms with E-state index < -0.39 is 9.84 Å². The number of hydrogen-bond acceptors (Lipinski definition) is 3. The van der Waals surface area contributed by atoms with Crippen LogP contribution in [0.25, 0.3) is 11.1 Å². The Labute approximate surface area is 161 Å². The Morgan fingerprint density at radius 3 is 1.96 bits per heavy atom. The number of alkyl halides is 1. The fourth-order valence-electron chi connectivity index (χ4n) is 3.35. The largest absolute Gasteiger partial charge is 0.496 e. The van der Waals surface area contributed by atoms with Crippen molar-refractivity contribution in [1.29, 1.82) is 0 Å². The van der Waals surface area contributed by atoms with Gasteiger partial charge in [0.1, 0.15) is 5.75 Å². The van der Waals surface area contributed by atoms with E-state index in [4.69, 9.17) is 4.74 Å². The van der Waals surface area contributed by atoms with Crippen LogP contribution < -0.4 is 4.74 Å². The number of ether oxygens (including phenoxy) is 1. The van der Waals surface area contributed by atoms with Crippen LogP contribution in [0.5, 0.6) is 5.75 Å². The summed E-state index contributed by atoms with van der Waals surface area (Å²) in [5.74, 6) is 0.899. The minimum Gasteiger partial charge on any atom is -0.496 e. The molecule has 5 heteroatoms. The van der Waals surface area contributed by atoms with E-state index in [0.29, 0.717) is 4.90 Å². The molecular formula is C21H25ClO3S. The zero-order valence-electron chi connectivity index (χ0n) is 15.7. The van der Waals surface area contributed by atoms with E-state index >= 15 is 0 Å². The molecule has 0 atom stereocenters. The average molecular weight is 393 g/mol. The molecule has 0 bridgehead atoms. The highest BCUT2D eigenvalue weighted by Crippen LogP contribution is 2.40. The van der Waals surface area contributed by atoms with Crippen molar-refractivity contribution in [3.05, 3.63) is 59.2 Å². The van der Waals surface area contributed by atoms with Crippen LogP contribution in [0.3, 0.4) is 0 Å². The molecule has 0 amide bonds. The van der Waals surface area contributed by atoms with Crippen LogP contribution in [0.15, 0.2) is 47.4 Å². The fraction of sp³-hybridized carbons (Fsp3) is 0.333. The number of hydrogen-bond donors (Lipinski definition) is 0.